The second-order valence-electron chi connectivity index (χ2n) is 8.19. The molecule has 0 spiro atoms. The Morgan fingerprint density at radius 3 is 2.68 bits per heavy atom. The fourth-order valence-electron chi connectivity index (χ4n) is 4.19. The Hall–Kier alpha value is -3.59. The monoisotopic (exact) mass is 466 g/mol. The van der Waals surface area contributed by atoms with Gasteiger partial charge in [0.1, 0.15) is 5.75 Å². The number of piperidine rings is 1. The number of hydrogen-bond donors (Lipinski definition) is 1. The Balaban J connectivity index is 1.34. The van der Waals surface area contributed by atoms with E-state index >= 15 is 0 Å². The van der Waals surface area contributed by atoms with E-state index in [4.69, 9.17) is 18.7 Å². The molecule has 9 nitrogen and oxygen atoms in total. The van der Waals surface area contributed by atoms with Gasteiger partial charge in [0.05, 0.1) is 33.8 Å². The molecular formula is C25H30N4O5. The molecule has 0 bridgehead atoms. The molecule has 0 radical (unpaired) electrons. The first-order valence-electron chi connectivity index (χ1n) is 11.3. The fraction of sp³-hybridized carbons (Fsp3) is 0.400. The Bertz CT molecular complexity index is 1120. The lowest BCUT2D eigenvalue weighted by Gasteiger charge is -2.30. The summed E-state index contributed by atoms with van der Waals surface area (Å²) in [5, 5.41) is 7.17. The van der Waals surface area contributed by atoms with Gasteiger partial charge in [-0.15, -0.1) is 0 Å². The van der Waals surface area contributed by atoms with Crippen molar-refractivity contribution in [3.63, 3.8) is 0 Å². The summed E-state index contributed by atoms with van der Waals surface area (Å²) in [5.41, 5.74) is 1.74. The van der Waals surface area contributed by atoms with Crippen molar-refractivity contribution in [1.82, 2.24) is 20.4 Å². The first-order chi connectivity index (χ1) is 16.6. The number of aromatic nitrogens is 2. The maximum Gasteiger partial charge on any atom is 0.241 e. The fourth-order valence-corrected chi connectivity index (χ4v) is 4.19. The molecule has 0 aliphatic carbocycles. The summed E-state index contributed by atoms with van der Waals surface area (Å²) < 4.78 is 21.5. The van der Waals surface area contributed by atoms with Gasteiger partial charge in [-0.25, -0.2) is 0 Å². The summed E-state index contributed by atoms with van der Waals surface area (Å²) >= 11 is 0. The molecule has 1 aliphatic rings. The highest BCUT2D eigenvalue weighted by atomic mass is 16.5. The first-order valence-corrected chi connectivity index (χ1v) is 11.3. The molecule has 3 aromatic rings. The van der Waals surface area contributed by atoms with Crippen molar-refractivity contribution in [2.45, 2.75) is 25.9 Å². The highest BCUT2D eigenvalue weighted by molar-refractivity contribution is 5.79. The van der Waals surface area contributed by atoms with Crippen LogP contribution in [0.5, 0.6) is 17.2 Å². The maximum absolute atomic E-state index is 12.8. The third kappa shape index (κ3) is 5.48. The van der Waals surface area contributed by atoms with E-state index in [2.05, 4.69) is 20.4 Å². The minimum Gasteiger partial charge on any atom is -0.496 e. The number of amides is 1. The van der Waals surface area contributed by atoms with Gasteiger partial charge in [-0.05, 0) is 43.7 Å². The minimum absolute atomic E-state index is 0.0483. The van der Waals surface area contributed by atoms with Gasteiger partial charge in [-0.2, -0.15) is 4.98 Å². The van der Waals surface area contributed by atoms with Crippen LogP contribution in [0.4, 0.5) is 0 Å². The van der Waals surface area contributed by atoms with Gasteiger partial charge in [0.2, 0.25) is 17.6 Å². The third-order valence-electron chi connectivity index (χ3n) is 5.99. The Kier molecular flexibility index (Phi) is 7.64. The number of carbonyl (C=O) groups is 1. The van der Waals surface area contributed by atoms with Crippen molar-refractivity contribution < 1.29 is 23.5 Å². The average Bonchev–Trinajstić information content (AvgIpc) is 3.35. The molecule has 1 amide bonds. The molecule has 1 fully saturated rings. The maximum atomic E-state index is 12.8. The third-order valence-corrected chi connectivity index (χ3v) is 5.99. The van der Waals surface area contributed by atoms with Crippen LogP contribution in [-0.4, -0.2) is 55.4 Å². The van der Waals surface area contributed by atoms with Crippen LogP contribution in [-0.2, 0) is 17.9 Å². The zero-order valence-corrected chi connectivity index (χ0v) is 19.7. The topological polar surface area (TPSA) is 99.0 Å². The lowest BCUT2D eigenvalue weighted by Crippen LogP contribution is -2.42. The summed E-state index contributed by atoms with van der Waals surface area (Å²) in [7, 11) is 4.81. The number of benzene rings is 2. The molecule has 1 aliphatic heterocycles. The van der Waals surface area contributed by atoms with Gasteiger partial charge in [0.15, 0.2) is 11.5 Å². The van der Waals surface area contributed by atoms with Gasteiger partial charge in [0.25, 0.3) is 0 Å². The predicted molar refractivity (Wildman–Crippen MR) is 126 cm³/mol. The van der Waals surface area contributed by atoms with E-state index in [0.717, 1.165) is 36.3 Å². The van der Waals surface area contributed by atoms with Crippen molar-refractivity contribution in [3.05, 3.63) is 53.9 Å². The number of methoxy groups -OCH3 is 3. The van der Waals surface area contributed by atoms with Crippen LogP contribution in [0.1, 0.15) is 24.3 Å². The molecule has 4 rings (SSSR count). The zero-order valence-electron chi connectivity index (χ0n) is 19.7. The quantitative estimate of drug-likeness (QED) is 0.513. The van der Waals surface area contributed by atoms with E-state index in [9.17, 15) is 4.79 Å². The largest absolute Gasteiger partial charge is 0.496 e. The molecular weight excluding hydrogens is 436 g/mol. The van der Waals surface area contributed by atoms with Crippen LogP contribution < -0.4 is 19.5 Å². The molecule has 1 N–H and O–H groups in total. The standard InChI is InChI=1S/C25H30N4O5/c1-31-20-9-5-4-7-18(20)14-26-25(30)19-8-6-12-29(15-19)16-23-27-24(28-34-23)17-10-11-21(32-2)22(13-17)33-3/h4-5,7,9-11,13,19H,6,8,12,14-16H2,1-3H3,(H,26,30)/t19-/m0/s1. The minimum atomic E-state index is -0.0864. The van der Waals surface area contributed by atoms with Crippen molar-refractivity contribution in [2.24, 2.45) is 5.92 Å². The van der Waals surface area contributed by atoms with Gasteiger partial charge in [0, 0.05) is 24.2 Å². The molecule has 0 unspecified atom stereocenters. The van der Waals surface area contributed by atoms with Gasteiger partial charge in [-0.1, -0.05) is 23.4 Å². The van der Waals surface area contributed by atoms with Crippen LogP contribution in [0.2, 0.25) is 0 Å². The second-order valence-corrected chi connectivity index (χ2v) is 8.19. The number of hydrogen-bond acceptors (Lipinski definition) is 8. The van der Waals surface area contributed by atoms with Gasteiger partial charge < -0.3 is 24.1 Å². The van der Waals surface area contributed by atoms with Crippen LogP contribution in [0.25, 0.3) is 11.4 Å². The predicted octanol–water partition coefficient (Wildman–Crippen LogP) is 3.29. The zero-order chi connectivity index (χ0) is 23.9. The molecule has 1 atom stereocenters. The first kappa shape index (κ1) is 23.6. The summed E-state index contributed by atoms with van der Waals surface area (Å²) in [5.74, 6) is 2.97. The molecule has 34 heavy (non-hydrogen) atoms. The highest BCUT2D eigenvalue weighted by Crippen LogP contribution is 2.31. The van der Waals surface area contributed by atoms with E-state index in [1.807, 2.05) is 42.5 Å². The van der Waals surface area contributed by atoms with Crippen LogP contribution in [0.15, 0.2) is 47.0 Å². The van der Waals surface area contributed by atoms with Crippen molar-refractivity contribution >= 4 is 5.91 Å². The second kappa shape index (κ2) is 11.0. The number of nitrogens with one attached hydrogen (secondary N) is 1. The SMILES string of the molecule is COc1ccccc1CNC(=O)[C@H]1CCCN(Cc2nc(-c3ccc(OC)c(OC)c3)no2)C1. The summed E-state index contributed by atoms with van der Waals surface area (Å²) in [6.07, 6.45) is 1.79. The lowest BCUT2D eigenvalue weighted by molar-refractivity contribution is -0.127. The molecule has 2 heterocycles. The van der Waals surface area contributed by atoms with Crippen LogP contribution in [0, 0.1) is 5.92 Å². The van der Waals surface area contributed by atoms with Crippen molar-refractivity contribution in [1.29, 1.82) is 0 Å². The number of carbonyl (C=O) groups excluding carboxylic acids is 1. The van der Waals surface area contributed by atoms with Crippen LogP contribution in [0.3, 0.4) is 0 Å². The van der Waals surface area contributed by atoms with E-state index in [-0.39, 0.29) is 11.8 Å². The number of ether oxygens (including phenoxy) is 3. The Labute approximate surface area is 199 Å². The van der Waals surface area contributed by atoms with Crippen molar-refractivity contribution in [3.8, 4) is 28.6 Å². The van der Waals surface area contributed by atoms with E-state index < -0.39 is 0 Å². The average molecular weight is 467 g/mol. The lowest BCUT2D eigenvalue weighted by atomic mass is 9.97. The van der Waals surface area contributed by atoms with E-state index in [0.29, 0.717) is 42.8 Å². The number of likely N-dealkylation sites (tertiary alicyclic amines) is 1. The summed E-state index contributed by atoms with van der Waals surface area (Å²) in [4.78, 5) is 19.5. The molecule has 180 valence electrons. The Morgan fingerprint density at radius 1 is 1.09 bits per heavy atom. The molecule has 9 heteroatoms. The number of nitrogens with zero attached hydrogens (tertiary/aromatic N) is 3. The summed E-state index contributed by atoms with van der Waals surface area (Å²) in [6, 6.07) is 13.2. The number of para-hydroxylation sites is 1. The molecule has 2 aromatic carbocycles. The van der Waals surface area contributed by atoms with E-state index in [1.54, 1.807) is 21.3 Å². The van der Waals surface area contributed by atoms with Gasteiger partial charge >= 0.3 is 0 Å². The molecule has 0 saturated carbocycles. The highest BCUT2D eigenvalue weighted by Gasteiger charge is 2.27. The molecule has 1 aromatic heterocycles. The van der Waals surface area contributed by atoms with Crippen molar-refractivity contribution in [2.75, 3.05) is 34.4 Å². The van der Waals surface area contributed by atoms with Gasteiger partial charge in [-0.3, -0.25) is 9.69 Å². The van der Waals surface area contributed by atoms with Crippen LogP contribution >= 0.6 is 0 Å². The smallest absolute Gasteiger partial charge is 0.241 e. The Morgan fingerprint density at radius 2 is 1.88 bits per heavy atom. The molecule has 1 saturated heterocycles. The normalized spacial score (nSPS) is 16.1. The van der Waals surface area contributed by atoms with E-state index in [1.165, 1.54) is 0 Å². The number of rotatable bonds is 9. The summed E-state index contributed by atoms with van der Waals surface area (Å²) in [6.45, 7) is 2.46.